The van der Waals surface area contributed by atoms with Crippen molar-refractivity contribution in [1.82, 2.24) is 4.90 Å². The van der Waals surface area contributed by atoms with E-state index in [1.807, 2.05) is 43.9 Å². The first-order valence-corrected chi connectivity index (χ1v) is 14.1. The second-order valence-corrected chi connectivity index (χ2v) is 13.0. The number of nitrogens with zero attached hydrogens (tertiary/aromatic N) is 1. The molecule has 1 aliphatic heterocycles. The van der Waals surface area contributed by atoms with Crippen LogP contribution in [0.3, 0.4) is 0 Å². The molecule has 2 atom stereocenters. The molecule has 0 radical (unpaired) electrons. The van der Waals surface area contributed by atoms with Crippen LogP contribution in [0.5, 0.6) is 0 Å². The predicted octanol–water partition coefficient (Wildman–Crippen LogP) is 8.32. The molecular weight excluding hydrogens is 461 g/mol. The molecule has 0 unspecified atom stereocenters. The Morgan fingerprint density at radius 3 is 2.11 bits per heavy atom. The Morgan fingerprint density at radius 2 is 1.62 bits per heavy atom. The van der Waals surface area contributed by atoms with E-state index in [1.165, 1.54) is 5.57 Å². The normalized spacial score (nSPS) is 19.2. The summed E-state index contributed by atoms with van der Waals surface area (Å²) < 4.78 is 19.5. The fourth-order valence-electron chi connectivity index (χ4n) is 4.88. The van der Waals surface area contributed by atoms with E-state index >= 15 is 0 Å². The highest BCUT2D eigenvalue weighted by Crippen LogP contribution is 2.47. The lowest BCUT2D eigenvalue weighted by Gasteiger charge is -2.46. The van der Waals surface area contributed by atoms with E-state index in [0.29, 0.717) is 18.9 Å². The number of ether oxygens (including phenoxy) is 1. The first-order valence-electron chi connectivity index (χ1n) is 14.1. The zero-order valence-electron chi connectivity index (χ0n) is 25.4. The Labute approximate surface area is 227 Å². The molecule has 0 spiro atoms. The largest absolute Gasteiger partial charge is 0.490 e. The molecule has 6 heteroatoms. The molecule has 1 amide bonds. The number of carbonyl (C=O) groups excluding carboxylic acids is 1. The number of carbonyl (C=O) groups is 1. The molecule has 1 fully saturated rings. The third-order valence-electron chi connectivity index (χ3n) is 7.70. The monoisotopic (exact) mass is 513 g/mol. The summed E-state index contributed by atoms with van der Waals surface area (Å²) in [5.74, 6) is 0.453. The average molecular weight is 514 g/mol. The highest BCUT2D eigenvalue weighted by atomic mass is 16.7. The van der Waals surface area contributed by atoms with Crippen molar-refractivity contribution in [2.24, 2.45) is 5.92 Å². The van der Waals surface area contributed by atoms with E-state index < -0.39 is 29.4 Å². The number of hydrogen-bond acceptors (Lipinski definition) is 4. The maximum Gasteiger partial charge on any atom is 0.490 e. The molecule has 37 heavy (non-hydrogen) atoms. The van der Waals surface area contributed by atoms with Crippen LogP contribution in [0.15, 0.2) is 42.0 Å². The van der Waals surface area contributed by atoms with E-state index in [-0.39, 0.29) is 6.09 Å². The molecule has 0 N–H and O–H groups in total. The van der Waals surface area contributed by atoms with E-state index in [0.717, 1.165) is 31.2 Å². The van der Waals surface area contributed by atoms with Crippen LogP contribution in [0.25, 0.3) is 0 Å². The first-order chi connectivity index (χ1) is 17.1. The van der Waals surface area contributed by atoms with Gasteiger partial charge in [-0.3, -0.25) is 4.90 Å². The minimum Gasteiger partial charge on any atom is -0.444 e. The van der Waals surface area contributed by atoms with Crippen molar-refractivity contribution in [2.75, 3.05) is 6.54 Å². The summed E-state index contributed by atoms with van der Waals surface area (Å²) in [6.07, 6.45) is 6.51. The SMILES string of the molecule is CCC[C@@](B1OC(C)(C)C(C)(C)O1)(c1ccccc1)N(CC[C@@H](C)CCC=C(C)C)C(=O)OC(C)(C)C. The van der Waals surface area contributed by atoms with Crippen molar-refractivity contribution in [3.8, 4) is 0 Å². The van der Waals surface area contributed by atoms with Gasteiger partial charge in [0, 0.05) is 6.54 Å². The van der Waals surface area contributed by atoms with Crippen molar-refractivity contribution in [1.29, 1.82) is 0 Å². The quantitative estimate of drug-likeness (QED) is 0.220. The van der Waals surface area contributed by atoms with Gasteiger partial charge in [0.2, 0.25) is 0 Å². The zero-order chi connectivity index (χ0) is 28.1. The Morgan fingerprint density at radius 1 is 1.05 bits per heavy atom. The molecule has 1 heterocycles. The van der Waals surface area contributed by atoms with Gasteiger partial charge < -0.3 is 14.0 Å². The first kappa shape index (κ1) is 31.4. The van der Waals surface area contributed by atoms with E-state index in [9.17, 15) is 4.79 Å². The lowest BCUT2D eigenvalue weighted by atomic mass is 9.57. The molecule has 2 rings (SSSR count). The molecule has 208 valence electrons. The predicted molar refractivity (Wildman–Crippen MR) is 154 cm³/mol. The molecule has 1 aromatic rings. The van der Waals surface area contributed by atoms with Gasteiger partial charge >= 0.3 is 13.2 Å². The third-order valence-corrected chi connectivity index (χ3v) is 7.70. The number of benzene rings is 1. The van der Waals surface area contributed by atoms with Crippen LogP contribution < -0.4 is 0 Å². The highest BCUT2D eigenvalue weighted by Gasteiger charge is 2.63. The third kappa shape index (κ3) is 7.86. The van der Waals surface area contributed by atoms with Crippen LogP contribution in [0, 0.1) is 5.92 Å². The number of hydrogen-bond donors (Lipinski definition) is 0. The Hall–Kier alpha value is -1.79. The van der Waals surface area contributed by atoms with Crippen LogP contribution >= 0.6 is 0 Å². The maximum absolute atomic E-state index is 14.0. The van der Waals surface area contributed by atoms with Crippen LogP contribution in [0.2, 0.25) is 0 Å². The fourth-order valence-corrected chi connectivity index (χ4v) is 4.88. The lowest BCUT2D eigenvalue weighted by molar-refractivity contribution is -0.000828. The number of allylic oxidation sites excluding steroid dienone is 2. The molecule has 1 aromatic carbocycles. The summed E-state index contributed by atoms with van der Waals surface area (Å²) in [6, 6.07) is 10.3. The summed E-state index contributed by atoms with van der Waals surface area (Å²) in [7, 11) is -0.631. The Bertz CT molecular complexity index is 886. The van der Waals surface area contributed by atoms with Gasteiger partial charge in [0.05, 0.1) is 11.2 Å². The summed E-state index contributed by atoms with van der Waals surface area (Å²) in [6.45, 7) is 23.3. The van der Waals surface area contributed by atoms with E-state index in [1.54, 1.807) is 0 Å². The van der Waals surface area contributed by atoms with Gasteiger partial charge in [0.25, 0.3) is 0 Å². The van der Waals surface area contributed by atoms with Gasteiger partial charge in [-0.1, -0.05) is 62.2 Å². The second kappa shape index (κ2) is 12.4. The van der Waals surface area contributed by atoms with Crippen molar-refractivity contribution >= 4 is 13.2 Å². The molecule has 1 saturated heterocycles. The summed E-state index contributed by atoms with van der Waals surface area (Å²) >= 11 is 0. The molecule has 0 aromatic heterocycles. The van der Waals surface area contributed by atoms with Crippen LogP contribution in [-0.2, 0) is 19.5 Å². The van der Waals surface area contributed by atoms with Gasteiger partial charge in [0.15, 0.2) is 0 Å². The highest BCUT2D eigenvalue weighted by molar-refractivity contribution is 6.50. The Balaban J connectivity index is 2.59. The minimum atomic E-state index is -0.830. The molecular formula is C31H52BNO4. The van der Waals surface area contributed by atoms with Crippen LogP contribution in [-0.4, -0.2) is 41.5 Å². The standard InChI is InChI=1S/C31H52BNO4/c1-12-22-31(26-19-14-13-15-20-26,32-36-29(8,9)30(10,11)37-32)33(27(34)35-28(5,6)7)23-21-25(4)18-16-17-24(2)3/h13-15,17,19-20,25H,12,16,18,21-23H2,1-11H3/t25-,31-/m0/s1. The van der Waals surface area contributed by atoms with Crippen molar-refractivity contribution in [3.63, 3.8) is 0 Å². The van der Waals surface area contributed by atoms with E-state index in [4.69, 9.17) is 14.0 Å². The van der Waals surface area contributed by atoms with Gasteiger partial charge in [0.1, 0.15) is 11.0 Å². The molecule has 0 bridgehead atoms. The number of rotatable bonds is 11. The fraction of sp³-hybridized carbons (Fsp3) is 0.710. The lowest BCUT2D eigenvalue weighted by Crippen LogP contribution is -2.61. The topological polar surface area (TPSA) is 48.0 Å². The molecule has 0 saturated carbocycles. The minimum absolute atomic E-state index is 0.323. The van der Waals surface area contributed by atoms with Gasteiger partial charge in [-0.05, 0) is 99.5 Å². The van der Waals surface area contributed by atoms with Crippen LogP contribution in [0.4, 0.5) is 4.79 Å². The van der Waals surface area contributed by atoms with Crippen molar-refractivity contribution in [3.05, 3.63) is 47.5 Å². The number of amides is 1. The maximum atomic E-state index is 14.0. The smallest absolute Gasteiger partial charge is 0.444 e. The van der Waals surface area contributed by atoms with Crippen LogP contribution in [0.1, 0.15) is 114 Å². The average Bonchev–Trinajstić information content (AvgIpc) is 2.99. The van der Waals surface area contributed by atoms with Crippen molar-refractivity contribution < 1.29 is 18.8 Å². The Kier molecular flexibility index (Phi) is 10.5. The van der Waals surface area contributed by atoms with Gasteiger partial charge in [-0.2, -0.15) is 0 Å². The molecule has 1 aliphatic rings. The molecule has 5 nitrogen and oxygen atoms in total. The second-order valence-electron chi connectivity index (χ2n) is 13.0. The summed E-state index contributed by atoms with van der Waals surface area (Å²) in [4.78, 5) is 16.0. The van der Waals surface area contributed by atoms with Gasteiger partial charge in [-0.25, -0.2) is 4.79 Å². The van der Waals surface area contributed by atoms with Crippen molar-refractivity contribution in [2.45, 2.75) is 131 Å². The van der Waals surface area contributed by atoms with E-state index in [2.05, 4.69) is 73.6 Å². The van der Waals surface area contributed by atoms with Gasteiger partial charge in [-0.15, -0.1) is 0 Å². The zero-order valence-corrected chi connectivity index (χ0v) is 25.4. The summed E-state index contributed by atoms with van der Waals surface area (Å²) in [5, 5.41) is 0. The molecule has 0 aliphatic carbocycles. The summed E-state index contributed by atoms with van der Waals surface area (Å²) in [5.41, 5.74) is -0.142.